The molecule has 0 bridgehead atoms. The minimum atomic E-state index is -0.405. The average Bonchev–Trinajstić information content (AvgIpc) is 2.81. The van der Waals surface area contributed by atoms with Crippen molar-refractivity contribution >= 4 is 5.78 Å². The van der Waals surface area contributed by atoms with Crippen molar-refractivity contribution in [1.29, 1.82) is 0 Å². The van der Waals surface area contributed by atoms with E-state index in [0.29, 0.717) is 0 Å². The molecule has 0 radical (unpaired) electrons. The van der Waals surface area contributed by atoms with Gasteiger partial charge < -0.3 is 4.74 Å². The number of H-pyrrole nitrogens is 1. The summed E-state index contributed by atoms with van der Waals surface area (Å²) in [7, 11) is 1.42. The lowest BCUT2D eigenvalue weighted by atomic mass is 10.3. The summed E-state index contributed by atoms with van der Waals surface area (Å²) < 4.78 is 4.91. The number of ether oxygens (including phenoxy) is 1. The van der Waals surface area contributed by atoms with E-state index in [1.165, 1.54) is 25.8 Å². The third-order valence-corrected chi connectivity index (χ3v) is 1.70. The van der Waals surface area contributed by atoms with Crippen molar-refractivity contribution in [1.82, 2.24) is 25.1 Å². The molecule has 15 heavy (non-hydrogen) atoms. The van der Waals surface area contributed by atoms with Crippen LogP contribution in [0.4, 0.5) is 0 Å². The van der Waals surface area contributed by atoms with Crippen LogP contribution < -0.4 is 4.74 Å². The van der Waals surface area contributed by atoms with Crippen LogP contribution in [-0.4, -0.2) is 38.0 Å². The van der Waals surface area contributed by atoms with E-state index < -0.39 is 5.78 Å². The van der Waals surface area contributed by atoms with Crippen molar-refractivity contribution in [2.75, 3.05) is 7.11 Å². The van der Waals surface area contributed by atoms with Crippen LogP contribution in [-0.2, 0) is 0 Å². The second-order valence-corrected chi connectivity index (χ2v) is 2.58. The van der Waals surface area contributed by atoms with Gasteiger partial charge >= 0.3 is 0 Å². The first-order chi connectivity index (χ1) is 7.33. The topological polar surface area (TPSA) is 93.7 Å². The van der Waals surface area contributed by atoms with Gasteiger partial charge in [-0.3, -0.25) is 9.89 Å². The smallest absolute Gasteiger partial charge is 0.253 e. The van der Waals surface area contributed by atoms with Gasteiger partial charge in [-0.15, -0.1) is 0 Å². The Labute approximate surface area is 84.5 Å². The van der Waals surface area contributed by atoms with Crippen LogP contribution in [0.2, 0.25) is 0 Å². The first kappa shape index (κ1) is 9.25. The Bertz CT molecular complexity index is 468. The van der Waals surface area contributed by atoms with Crippen molar-refractivity contribution in [3.05, 3.63) is 30.2 Å². The molecule has 1 N–H and O–H groups in total. The fraction of sp³-hybridized carbons (Fsp3) is 0.125. The molecule has 0 fully saturated rings. The fourth-order valence-corrected chi connectivity index (χ4v) is 1.06. The number of hydrogen-bond donors (Lipinski definition) is 1. The Morgan fingerprint density at radius 1 is 1.33 bits per heavy atom. The van der Waals surface area contributed by atoms with Gasteiger partial charge in [0.25, 0.3) is 5.78 Å². The lowest BCUT2D eigenvalue weighted by Gasteiger charge is -2.01. The number of rotatable bonds is 3. The largest absolute Gasteiger partial charge is 0.479 e. The second kappa shape index (κ2) is 3.82. The van der Waals surface area contributed by atoms with Gasteiger partial charge in [0.1, 0.15) is 6.33 Å². The van der Waals surface area contributed by atoms with E-state index in [0.717, 1.165) is 0 Å². The third kappa shape index (κ3) is 1.66. The molecule has 2 aromatic heterocycles. The predicted octanol–water partition coefficient (Wildman–Crippen LogP) is -0.166. The molecule has 0 saturated heterocycles. The van der Waals surface area contributed by atoms with Crippen LogP contribution in [0.5, 0.6) is 5.88 Å². The van der Waals surface area contributed by atoms with Crippen molar-refractivity contribution in [2.45, 2.75) is 0 Å². The van der Waals surface area contributed by atoms with Gasteiger partial charge in [0.15, 0.2) is 11.5 Å². The summed E-state index contributed by atoms with van der Waals surface area (Å²) in [6.45, 7) is 0. The molecule has 0 aliphatic rings. The minimum Gasteiger partial charge on any atom is -0.479 e. The lowest BCUT2D eigenvalue weighted by Crippen LogP contribution is -2.09. The fourth-order valence-electron chi connectivity index (χ4n) is 1.06. The number of aromatic nitrogens is 5. The molecule has 7 heteroatoms. The summed E-state index contributed by atoms with van der Waals surface area (Å²) in [5.74, 6) is -0.134. The molecule has 0 aliphatic carbocycles. The van der Waals surface area contributed by atoms with E-state index in [1.54, 1.807) is 0 Å². The first-order valence-corrected chi connectivity index (χ1v) is 4.08. The van der Waals surface area contributed by atoms with Crippen LogP contribution in [0.25, 0.3) is 0 Å². The first-order valence-electron chi connectivity index (χ1n) is 4.08. The van der Waals surface area contributed by atoms with E-state index in [9.17, 15) is 4.79 Å². The molecular formula is C8H7N5O2. The Kier molecular flexibility index (Phi) is 2.36. The zero-order chi connectivity index (χ0) is 10.7. The van der Waals surface area contributed by atoms with Gasteiger partial charge in [-0.05, 0) is 0 Å². The number of nitrogens with zero attached hydrogens (tertiary/aromatic N) is 4. The number of aromatic amines is 1. The highest BCUT2D eigenvalue weighted by molar-refractivity contribution is 6.06. The van der Waals surface area contributed by atoms with Crippen LogP contribution in [0.1, 0.15) is 16.3 Å². The maximum Gasteiger partial charge on any atom is 0.253 e. The number of nitrogens with one attached hydrogen (secondary N) is 1. The quantitative estimate of drug-likeness (QED) is 0.699. The number of ketones is 1. The molecule has 2 aromatic rings. The van der Waals surface area contributed by atoms with Crippen molar-refractivity contribution < 1.29 is 9.53 Å². The third-order valence-electron chi connectivity index (χ3n) is 1.70. The molecule has 0 atom stereocenters. The summed E-state index contributed by atoms with van der Waals surface area (Å²) in [6, 6.07) is 0. The SMILES string of the molecule is COc1nccnc1C(=O)c1ncn[nH]1. The molecule has 2 heterocycles. The van der Waals surface area contributed by atoms with Crippen LogP contribution in [0.3, 0.4) is 0 Å². The van der Waals surface area contributed by atoms with Gasteiger partial charge in [-0.1, -0.05) is 0 Å². The van der Waals surface area contributed by atoms with Crippen LogP contribution in [0.15, 0.2) is 18.7 Å². The summed E-state index contributed by atoms with van der Waals surface area (Å²) in [5.41, 5.74) is 0.108. The van der Waals surface area contributed by atoms with Crippen molar-refractivity contribution in [2.24, 2.45) is 0 Å². The molecule has 0 amide bonds. The van der Waals surface area contributed by atoms with E-state index in [4.69, 9.17) is 4.74 Å². The summed E-state index contributed by atoms with van der Waals surface area (Å²) in [5, 5.41) is 6.03. The Balaban J connectivity index is 2.42. The molecule has 7 nitrogen and oxygen atoms in total. The maximum atomic E-state index is 11.8. The van der Waals surface area contributed by atoms with Gasteiger partial charge in [-0.25, -0.2) is 15.0 Å². The van der Waals surface area contributed by atoms with Crippen LogP contribution >= 0.6 is 0 Å². The second-order valence-electron chi connectivity index (χ2n) is 2.58. The Hall–Kier alpha value is -2.31. The summed E-state index contributed by atoms with van der Waals surface area (Å²) >= 11 is 0. The predicted molar refractivity (Wildman–Crippen MR) is 48.4 cm³/mol. The number of methoxy groups -OCH3 is 1. The summed E-state index contributed by atoms with van der Waals surface area (Å²) in [6.07, 6.45) is 4.10. The van der Waals surface area contributed by atoms with Gasteiger partial charge in [0.05, 0.1) is 7.11 Å². The minimum absolute atomic E-state index is 0.105. The van der Waals surface area contributed by atoms with Gasteiger partial charge in [0, 0.05) is 12.4 Å². The Morgan fingerprint density at radius 3 is 2.80 bits per heavy atom. The van der Waals surface area contributed by atoms with Gasteiger partial charge in [0.2, 0.25) is 5.88 Å². The van der Waals surface area contributed by atoms with E-state index in [1.807, 2.05) is 0 Å². The highest BCUT2D eigenvalue weighted by atomic mass is 16.5. The zero-order valence-corrected chi connectivity index (χ0v) is 7.84. The maximum absolute atomic E-state index is 11.8. The molecule has 0 aromatic carbocycles. The number of carbonyl (C=O) groups is 1. The molecule has 0 aliphatic heterocycles. The van der Waals surface area contributed by atoms with E-state index >= 15 is 0 Å². The van der Waals surface area contributed by atoms with E-state index in [2.05, 4.69) is 25.1 Å². The molecule has 2 rings (SSSR count). The average molecular weight is 205 g/mol. The molecular weight excluding hydrogens is 198 g/mol. The van der Waals surface area contributed by atoms with E-state index in [-0.39, 0.29) is 17.4 Å². The standard InChI is InChI=1S/C8H7N5O2/c1-15-8-5(9-2-3-10-8)6(14)7-11-4-12-13-7/h2-4H,1H3,(H,11,12,13). The van der Waals surface area contributed by atoms with Crippen molar-refractivity contribution in [3.63, 3.8) is 0 Å². The monoisotopic (exact) mass is 205 g/mol. The van der Waals surface area contributed by atoms with Crippen LogP contribution in [0, 0.1) is 0 Å². The summed E-state index contributed by atoms with van der Waals surface area (Å²) in [4.78, 5) is 23.2. The van der Waals surface area contributed by atoms with Crippen molar-refractivity contribution in [3.8, 4) is 5.88 Å². The van der Waals surface area contributed by atoms with Gasteiger partial charge in [-0.2, -0.15) is 5.10 Å². The normalized spacial score (nSPS) is 9.93. The molecule has 0 spiro atoms. The highest BCUT2D eigenvalue weighted by Crippen LogP contribution is 2.13. The number of carbonyl (C=O) groups excluding carboxylic acids is 1. The zero-order valence-electron chi connectivity index (χ0n) is 7.84. The number of hydrogen-bond acceptors (Lipinski definition) is 6. The lowest BCUT2D eigenvalue weighted by molar-refractivity contribution is 0.102. The Morgan fingerprint density at radius 2 is 2.13 bits per heavy atom. The highest BCUT2D eigenvalue weighted by Gasteiger charge is 2.18. The molecule has 0 unspecified atom stereocenters. The molecule has 0 saturated carbocycles. The molecule has 76 valence electrons.